The van der Waals surface area contributed by atoms with Gasteiger partial charge in [-0.25, -0.2) is 0 Å². The van der Waals surface area contributed by atoms with Gasteiger partial charge in [0, 0.05) is 12.2 Å². The maximum Gasteiger partial charge on any atom is 0.471 e. The molecule has 2 heterocycles. The molecule has 1 aromatic rings. The van der Waals surface area contributed by atoms with Crippen LogP contribution in [0.4, 0.5) is 18.9 Å². The average molecular weight is 548 g/mol. The van der Waals surface area contributed by atoms with Crippen LogP contribution in [0.1, 0.15) is 52.5 Å². The predicted molar refractivity (Wildman–Crippen MR) is 134 cm³/mol. The van der Waals surface area contributed by atoms with Crippen LogP contribution in [-0.2, 0) is 19.2 Å². The highest BCUT2D eigenvalue weighted by Gasteiger charge is 2.70. The van der Waals surface area contributed by atoms with Gasteiger partial charge in [-0.1, -0.05) is 52.8 Å². The first-order valence-electron chi connectivity index (χ1n) is 12.8. The van der Waals surface area contributed by atoms with Gasteiger partial charge in [0.2, 0.25) is 17.7 Å². The molecule has 0 radical (unpaired) electrons. The SMILES string of the molecule is CC(C)(C)[C@H](NC(=O)C(F)(F)F)C(=O)N1C[C@H]2[C@H]([C@H]1C(=O)N[C@H](C#N)CC1C(=O)Nc3ccccc31)C2(C)C. The van der Waals surface area contributed by atoms with Crippen molar-refractivity contribution in [3.05, 3.63) is 29.8 Å². The lowest BCUT2D eigenvalue weighted by atomic mass is 9.85. The number of hydrogen-bond donors (Lipinski definition) is 3. The molecule has 2 fully saturated rings. The normalized spacial score (nSPS) is 26.4. The Labute approximate surface area is 224 Å². The first kappa shape index (κ1) is 28.4. The van der Waals surface area contributed by atoms with Crippen molar-refractivity contribution in [2.24, 2.45) is 22.7 Å². The van der Waals surface area contributed by atoms with E-state index in [1.165, 1.54) is 25.7 Å². The summed E-state index contributed by atoms with van der Waals surface area (Å²) in [5, 5.41) is 17.0. The molecule has 1 unspecified atom stereocenters. The lowest BCUT2D eigenvalue weighted by Gasteiger charge is -2.37. The fourth-order valence-electron chi connectivity index (χ4n) is 5.99. The minimum atomic E-state index is -5.18. The van der Waals surface area contributed by atoms with Gasteiger partial charge in [-0.2, -0.15) is 18.4 Å². The molecule has 0 bridgehead atoms. The quantitative estimate of drug-likeness (QED) is 0.504. The molecule has 1 saturated heterocycles. The second kappa shape index (κ2) is 9.54. The largest absolute Gasteiger partial charge is 0.471 e. The summed E-state index contributed by atoms with van der Waals surface area (Å²) >= 11 is 0. The van der Waals surface area contributed by atoms with Crippen molar-refractivity contribution in [1.82, 2.24) is 15.5 Å². The van der Waals surface area contributed by atoms with Gasteiger partial charge in [0.05, 0.1) is 12.0 Å². The molecule has 1 aliphatic carbocycles. The van der Waals surface area contributed by atoms with Crippen LogP contribution in [-0.4, -0.2) is 59.4 Å². The van der Waals surface area contributed by atoms with Gasteiger partial charge >= 0.3 is 12.1 Å². The number of nitrogens with one attached hydrogen (secondary N) is 3. The molecule has 4 amide bonds. The third kappa shape index (κ3) is 5.18. The van der Waals surface area contributed by atoms with Crippen LogP contribution < -0.4 is 16.0 Å². The Morgan fingerprint density at radius 3 is 2.41 bits per heavy atom. The maximum atomic E-state index is 13.6. The van der Waals surface area contributed by atoms with E-state index < -0.39 is 53.4 Å². The van der Waals surface area contributed by atoms with Gasteiger partial charge in [-0.3, -0.25) is 19.2 Å². The van der Waals surface area contributed by atoms with E-state index in [1.807, 2.05) is 25.2 Å². The summed E-state index contributed by atoms with van der Waals surface area (Å²) in [4.78, 5) is 52.7. The van der Waals surface area contributed by atoms with Crippen molar-refractivity contribution in [2.45, 2.75) is 71.3 Å². The number of nitrogens with zero attached hydrogens (tertiary/aromatic N) is 2. The van der Waals surface area contributed by atoms with Crippen molar-refractivity contribution >= 4 is 29.3 Å². The topological polar surface area (TPSA) is 131 Å². The van der Waals surface area contributed by atoms with Crippen molar-refractivity contribution in [2.75, 3.05) is 11.9 Å². The van der Waals surface area contributed by atoms with Crippen LogP contribution >= 0.6 is 0 Å². The molecule has 0 aromatic heterocycles. The Hall–Kier alpha value is -3.62. The minimum Gasteiger partial charge on any atom is -0.339 e. The predicted octanol–water partition coefficient (Wildman–Crippen LogP) is 2.70. The number of carbonyl (C=O) groups is 4. The zero-order chi connectivity index (χ0) is 29.1. The highest BCUT2D eigenvalue weighted by atomic mass is 19.4. The number of benzene rings is 1. The van der Waals surface area contributed by atoms with Gasteiger partial charge in [0.15, 0.2) is 0 Å². The Morgan fingerprint density at radius 1 is 1.18 bits per heavy atom. The van der Waals surface area contributed by atoms with Crippen molar-refractivity contribution in [3.8, 4) is 6.07 Å². The van der Waals surface area contributed by atoms with E-state index in [9.17, 15) is 37.6 Å². The van der Waals surface area contributed by atoms with Gasteiger partial charge in [-0.15, -0.1) is 0 Å². The van der Waals surface area contributed by atoms with E-state index in [2.05, 4.69) is 10.6 Å². The average Bonchev–Trinajstić information content (AvgIpc) is 3.15. The lowest BCUT2D eigenvalue weighted by molar-refractivity contribution is -0.176. The number of hydrogen-bond acceptors (Lipinski definition) is 5. The molecule has 1 aromatic carbocycles. The van der Waals surface area contributed by atoms with E-state index in [0.717, 1.165) is 0 Å². The summed E-state index contributed by atoms with van der Waals surface area (Å²) in [7, 11) is 0. The number of nitriles is 1. The van der Waals surface area contributed by atoms with Gasteiger partial charge in [0.1, 0.15) is 18.1 Å². The highest BCUT2D eigenvalue weighted by molar-refractivity contribution is 6.03. The van der Waals surface area contributed by atoms with Crippen molar-refractivity contribution in [1.29, 1.82) is 5.26 Å². The zero-order valence-electron chi connectivity index (χ0n) is 22.3. The summed E-state index contributed by atoms with van der Waals surface area (Å²) in [5.41, 5.74) is -0.0246. The third-order valence-corrected chi connectivity index (χ3v) is 8.26. The Kier molecular flexibility index (Phi) is 6.94. The molecule has 0 spiro atoms. The Balaban J connectivity index is 1.54. The summed E-state index contributed by atoms with van der Waals surface area (Å²) in [6.07, 6.45) is -5.17. The summed E-state index contributed by atoms with van der Waals surface area (Å²) in [5.74, 6) is -4.92. The first-order valence-corrected chi connectivity index (χ1v) is 12.8. The molecule has 9 nitrogen and oxygen atoms in total. The summed E-state index contributed by atoms with van der Waals surface area (Å²) in [6.45, 7) is 8.60. The van der Waals surface area contributed by atoms with Crippen LogP contribution in [0.5, 0.6) is 0 Å². The van der Waals surface area contributed by atoms with Gasteiger partial charge in [0.25, 0.3) is 0 Å². The van der Waals surface area contributed by atoms with E-state index >= 15 is 0 Å². The molecular weight excluding hydrogens is 515 g/mol. The van der Waals surface area contributed by atoms with Crippen LogP contribution in [0, 0.1) is 34.0 Å². The highest BCUT2D eigenvalue weighted by Crippen LogP contribution is 2.65. The number of para-hydroxylation sites is 1. The molecule has 3 aliphatic rings. The lowest BCUT2D eigenvalue weighted by Crippen LogP contribution is -2.61. The second-order valence-electron chi connectivity index (χ2n) is 12.2. The summed E-state index contributed by atoms with van der Waals surface area (Å²) < 4.78 is 39.1. The summed E-state index contributed by atoms with van der Waals surface area (Å²) in [6, 6.07) is 5.45. The van der Waals surface area contributed by atoms with Crippen molar-refractivity contribution in [3.63, 3.8) is 0 Å². The number of amides is 4. The van der Waals surface area contributed by atoms with E-state index in [4.69, 9.17) is 0 Å². The number of carbonyl (C=O) groups excluding carboxylic acids is 4. The number of halogens is 3. The smallest absolute Gasteiger partial charge is 0.339 e. The Bertz CT molecular complexity index is 1250. The number of fused-ring (bicyclic) bond motifs is 2. The van der Waals surface area contributed by atoms with E-state index in [0.29, 0.717) is 11.3 Å². The van der Waals surface area contributed by atoms with Gasteiger partial charge < -0.3 is 20.9 Å². The molecule has 39 heavy (non-hydrogen) atoms. The van der Waals surface area contributed by atoms with Crippen molar-refractivity contribution < 1.29 is 32.3 Å². The minimum absolute atomic E-state index is 0.00942. The van der Waals surface area contributed by atoms with E-state index in [-0.39, 0.29) is 36.1 Å². The second-order valence-corrected chi connectivity index (χ2v) is 12.2. The van der Waals surface area contributed by atoms with Crippen LogP contribution in [0.2, 0.25) is 0 Å². The number of rotatable bonds is 6. The fourth-order valence-corrected chi connectivity index (χ4v) is 5.99. The van der Waals surface area contributed by atoms with Crippen LogP contribution in [0.3, 0.4) is 0 Å². The van der Waals surface area contributed by atoms with Gasteiger partial charge in [-0.05, 0) is 40.7 Å². The molecule has 1 saturated carbocycles. The number of piperidine rings is 1. The standard InChI is InChI=1S/C27H32F3N5O4/c1-25(2,3)20(34-24(39)27(28,29)30)23(38)35-12-16-18(26(16,4)5)19(35)22(37)32-13(11-31)10-15-14-8-6-7-9-17(14)33-21(15)36/h6-9,13,15-16,18-20H,10,12H2,1-5H3,(H,32,37)(H,33,36)(H,34,39)/t13-,15?,16-,18+,19-,20+/m0/s1. The number of likely N-dealkylation sites (tertiary alicyclic amines) is 1. The van der Waals surface area contributed by atoms with Crippen LogP contribution in [0.15, 0.2) is 24.3 Å². The number of anilines is 1. The molecule has 6 atom stereocenters. The molecular formula is C27H32F3N5O4. The molecule has 4 rings (SSSR count). The van der Waals surface area contributed by atoms with E-state index in [1.54, 1.807) is 24.3 Å². The molecule has 12 heteroatoms. The Morgan fingerprint density at radius 2 is 1.82 bits per heavy atom. The first-order chi connectivity index (χ1) is 18.0. The fraction of sp³-hybridized carbons (Fsp3) is 0.593. The van der Waals surface area contributed by atoms with Crippen LogP contribution in [0.25, 0.3) is 0 Å². The zero-order valence-corrected chi connectivity index (χ0v) is 22.3. The third-order valence-electron chi connectivity index (χ3n) is 8.26. The molecule has 3 N–H and O–H groups in total. The number of alkyl halides is 3. The monoisotopic (exact) mass is 547 g/mol. The molecule has 2 aliphatic heterocycles. The molecule has 210 valence electrons. The maximum absolute atomic E-state index is 13.6.